The SMILES string of the molecule is CCN(CC)C(=O)Cc1cc(C)c2c(=O)cc(Nc3ccccc3)n(-c3ccccc3)c2n1. The maximum Gasteiger partial charge on any atom is 0.228 e. The smallest absolute Gasteiger partial charge is 0.228 e. The Morgan fingerprint density at radius 2 is 1.61 bits per heavy atom. The molecule has 0 spiro atoms. The molecule has 168 valence electrons. The number of anilines is 2. The van der Waals surface area contributed by atoms with Gasteiger partial charge in [-0.15, -0.1) is 0 Å². The number of hydrogen-bond acceptors (Lipinski definition) is 4. The van der Waals surface area contributed by atoms with E-state index in [0.29, 0.717) is 35.6 Å². The zero-order chi connectivity index (χ0) is 23.4. The minimum atomic E-state index is -0.109. The van der Waals surface area contributed by atoms with Crippen LogP contribution in [0.3, 0.4) is 0 Å². The molecule has 1 N–H and O–H groups in total. The molecule has 4 rings (SSSR count). The number of rotatable bonds is 7. The number of carbonyl (C=O) groups is 1. The van der Waals surface area contributed by atoms with Crippen LogP contribution in [0.5, 0.6) is 0 Å². The molecule has 0 fully saturated rings. The van der Waals surface area contributed by atoms with Gasteiger partial charge >= 0.3 is 0 Å². The molecule has 1 amide bonds. The summed E-state index contributed by atoms with van der Waals surface area (Å²) >= 11 is 0. The van der Waals surface area contributed by atoms with Crippen LogP contribution in [0.25, 0.3) is 16.7 Å². The van der Waals surface area contributed by atoms with Gasteiger partial charge in [-0.3, -0.25) is 14.2 Å². The molecule has 0 aliphatic carbocycles. The van der Waals surface area contributed by atoms with E-state index in [1.807, 2.05) is 92.1 Å². The number of fused-ring (bicyclic) bond motifs is 1. The number of nitrogens with one attached hydrogen (secondary N) is 1. The molecule has 0 saturated carbocycles. The minimum Gasteiger partial charge on any atom is -0.343 e. The maximum absolute atomic E-state index is 13.2. The lowest BCUT2D eigenvalue weighted by Crippen LogP contribution is -2.32. The molecule has 0 atom stereocenters. The molecule has 0 radical (unpaired) electrons. The highest BCUT2D eigenvalue weighted by molar-refractivity contribution is 5.85. The van der Waals surface area contributed by atoms with Gasteiger partial charge in [0.2, 0.25) is 5.91 Å². The highest BCUT2D eigenvalue weighted by atomic mass is 16.2. The second kappa shape index (κ2) is 9.69. The first kappa shape index (κ1) is 22.3. The molecule has 0 aliphatic rings. The van der Waals surface area contributed by atoms with E-state index in [4.69, 9.17) is 4.98 Å². The molecular weight excluding hydrogens is 412 g/mol. The molecule has 2 aromatic carbocycles. The summed E-state index contributed by atoms with van der Waals surface area (Å²) in [5, 5.41) is 3.92. The van der Waals surface area contributed by atoms with E-state index in [2.05, 4.69) is 5.32 Å². The standard InChI is InChI=1S/C27H28N4O2/c1-4-30(5-2)25(33)17-21-16-19(3)26-23(32)18-24(28-20-12-8-6-9-13-20)31(27(26)29-21)22-14-10-7-11-15-22/h6-16,18,28H,4-5,17H2,1-3H3. The van der Waals surface area contributed by atoms with E-state index >= 15 is 0 Å². The van der Waals surface area contributed by atoms with E-state index in [1.54, 1.807) is 11.0 Å². The number of para-hydroxylation sites is 2. The minimum absolute atomic E-state index is 0.0263. The summed E-state index contributed by atoms with van der Waals surface area (Å²) in [6.07, 6.45) is 0.192. The third kappa shape index (κ3) is 4.65. The van der Waals surface area contributed by atoms with E-state index in [0.717, 1.165) is 16.9 Å². The zero-order valence-corrected chi connectivity index (χ0v) is 19.2. The van der Waals surface area contributed by atoms with Crippen molar-refractivity contribution in [2.24, 2.45) is 0 Å². The van der Waals surface area contributed by atoms with Crippen molar-refractivity contribution in [1.82, 2.24) is 14.5 Å². The van der Waals surface area contributed by atoms with Crippen LogP contribution in [-0.2, 0) is 11.2 Å². The number of aryl methyl sites for hydroxylation is 1. The van der Waals surface area contributed by atoms with Crippen molar-refractivity contribution in [3.8, 4) is 5.69 Å². The molecule has 33 heavy (non-hydrogen) atoms. The first-order chi connectivity index (χ1) is 16.0. The molecule has 0 aliphatic heterocycles. The fourth-order valence-electron chi connectivity index (χ4n) is 4.10. The van der Waals surface area contributed by atoms with Gasteiger partial charge in [0.15, 0.2) is 11.1 Å². The summed E-state index contributed by atoms with van der Waals surface area (Å²) in [5.74, 6) is 0.641. The monoisotopic (exact) mass is 440 g/mol. The number of pyridine rings is 2. The van der Waals surface area contributed by atoms with Crippen molar-refractivity contribution in [3.63, 3.8) is 0 Å². The Kier molecular flexibility index (Phi) is 6.54. The van der Waals surface area contributed by atoms with Gasteiger partial charge in [0, 0.05) is 30.5 Å². The van der Waals surface area contributed by atoms with Gasteiger partial charge in [0.1, 0.15) is 5.82 Å². The first-order valence-corrected chi connectivity index (χ1v) is 11.2. The Hall–Kier alpha value is -3.93. The summed E-state index contributed by atoms with van der Waals surface area (Å²) in [6.45, 7) is 7.14. The molecular formula is C27H28N4O2. The quantitative estimate of drug-likeness (QED) is 0.446. The van der Waals surface area contributed by atoms with Crippen LogP contribution in [0, 0.1) is 6.92 Å². The molecule has 2 heterocycles. The average molecular weight is 441 g/mol. The van der Waals surface area contributed by atoms with Crippen molar-refractivity contribution >= 4 is 28.4 Å². The number of aromatic nitrogens is 2. The van der Waals surface area contributed by atoms with Crippen LogP contribution in [0.15, 0.2) is 77.6 Å². The van der Waals surface area contributed by atoms with E-state index in [1.165, 1.54) is 0 Å². The first-order valence-electron chi connectivity index (χ1n) is 11.2. The average Bonchev–Trinajstić information content (AvgIpc) is 2.81. The topological polar surface area (TPSA) is 67.2 Å². The third-order valence-electron chi connectivity index (χ3n) is 5.73. The second-order valence-corrected chi connectivity index (χ2v) is 7.93. The Bertz CT molecular complexity index is 1330. The normalized spacial score (nSPS) is 10.9. The summed E-state index contributed by atoms with van der Waals surface area (Å²) in [4.78, 5) is 32.5. The largest absolute Gasteiger partial charge is 0.343 e. The van der Waals surface area contributed by atoms with Gasteiger partial charge in [-0.1, -0.05) is 36.4 Å². The maximum atomic E-state index is 13.2. The van der Waals surface area contributed by atoms with E-state index < -0.39 is 0 Å². The summed E-state index contributed by atoms with van der Waals surface area (Å²) < 4.78 is 1.95. The highest BCUT2D eigenvalue weighted by Crippen LogP contribution is 2.26. The lowest BCUT2D eigenvalue weighted by Gasteiger charge is -2.20. The zero-order valence-electron chi connectivity index (χ0n) is 19.2. The van der Waals surface area contributed by atoms with Crippen LogP contribution < -0.4 is 10.7 Å². The van der Waals surface area contributed by atoms with Crippen molar-refractivity contribution < 1.29 is 4.79 Å². The Balaban J connectivity index is 1.93. The molecule has 6 nitrogen and oxygen atoms in total. The van der Waals surface area contributed by atoms with Crippen LogP contribution >= 0.6 is 0 Å². The number of amides is 1. The van der Waals surface area contributed by atoms with Crippen molar-refractivity contribution in [1.29, 1.82) is 0 Å². The Morgan fingerprint density at radius 3 is 2.24 bits per heavy atom. The van der Waals surface area contributed by atoms with Crippen LogP contribution in [-0.4, -0.2) is 33.4 Å². The van der Waals surface area contributed by atoms with Crippen molar-refractivity contribution in [2.45, 2.75) is 27.2 Å². The summed E-state index contributed by atoms with van der Waals surface area (Å²) in [5.41, 5.74) is 3.63. The molecule has 0 bridgehead atoms. The number of likely N-dealkylation sites (N-methyl/N-ethyl adjacent to an activating group) is 1. The van der Waals surface area contributed by atoms with Gasteiger partial charge in [-0.2, -0.15) is 0 Å². The van der Waals surface area contributed by atoms with Gasteiger partial charge in [0.25, 0.3) is 0 Å². The molecule has 4 aromatic rings. The Labute approximate surface area is 193 Å². The molecule has 2 aromatic heterocycles. The molecule has 6 heteroatoms. The van der Waals surface area contributed by atoms with Gasteiger partial charge in [-0.05, 0) is 56.7 Å². The lowest BCUT2D eigenvalue weighted by atomic mass is 10.1. The number of carbonyl (C=O) groups excluding carboxylic acids is 1. The fourth-order valence-corrected chi connectivity index (χ4v) is 4.10. The highest BCUT2D eigenvalue weighted by Gasteiger charge is 2.18. The van der Waals surface area contributed by atoms with Crippen molar-refractivity contribution in [3.05, 3.63) is 94.3 Å². The molecule has 0 saturated heterocycles. The summed E-state index contributed by atoms with van der Waals surface area (Å²) in [7, 11) is 0. The fraction of sp³-hybridized carbons (Fsp3) is 0.222. The van der Waals surface area contributed by atoms with Crippen LogP contribution in [0.4, 0.5) is 11.5 Å². The Morgan fingerprint density at radius 1 is 0.970 bits per heavy atom. The van der Waals surface area contributed by atoms with Gasteiger partial charge < -0.3 is 10.2 Å². The number of benzene rings is 2. The van der Waals surface area contributed by atoms with Crippen molar-refractivity contribution in [2.75, 3.05) is 18.4 Å². The van der Waals surface area contributed by atoms with Crippen LogP contribution in [0.2, 0.25) is 0 Å². The van der Waals surface area contributed by atoms with E-state index in [-0.39, 0.29) is 17.8 Å². The van der Waals surface area contributed by atoms with Gasteiger partial charge in [-0.25, -0.2) is 4.98 Å². The number of hydrogen-bond donors (Lipinski definition) is 1. The summed E-state index contributed by atoms with van der Waals surface area (Å²) in [6, 6.07) is 23.0. The predicted octanol–water partition coefficient (Wildman–Crippen LogP) is 4.85. The lowest BCUT2D eigenvalue weighted by molar-refractivity contribution is -0.130. The number of nitrogens with zero attached hydrogens (tertiary/aromatic N) is 3. The predicted molar refractivity (Wildman–Crippen MR) is 133 cm³/mol. The van der Waals surface area contributed by atoms with Crippen LogP contribution in [0.1, 0.15) is 25.1 Å². The second-order valence-electron chi connectivity index (χ2n) is 7.93. The van der Waals surface area contributed by atoms with E-state index in [9.17, 15) is 9.59 Å². The molecule has 0 unspecified atom stereocenters. The third-order valence-corrected chi connectivity index (χ3v) is 5.73. The van der Waals surface area contributed by atoms with Gasteiger partial charge in [0.05, 0.1) is 17.5 Å².